The first-order chi connectivity index (χ1) is 5.58. The number of rotatable bonds is 2. The Labute approximate surface area is 69.8 Å². The third-order valence-electron chi connectivity index (χ3n) is 1.07. The summed E-state index contributed by atoms with van der Waals surface area (Å²) in [4.78, 5) is 0. The molecule has 0 saturated carbocycles. The fraction of sp³-hybridized carbons (Fsp3) is 0. The van der Waals surface area contributed by atoms with Crippen molar-refractivity contribution in [2.75, 3.05) is 4.72 Å². The van der Waals surface area contributed by atoms with Crippen molar-refractivity contribution in [1.29, 1.82) is 0 Å². The lowest BCUT2D eigenvalue weighted by molar-refractivity contribution is 0.569. The van der Waals surface area contributed by atoms with Crippen molar-refractivity contribution in [2.24, 2.45) is 0 Å². The predicted octanol–water partition coefficient (Wildman–Crippen LogP) is 1.51. The van der Waals surface area contributed by atoms with E-state index in [1.54, 1.807) is 0 Å². The third kappa shape index (κ3) is 2.55. The predicted molar refractivity (Wildman–Crippen MR) is 40.8 cm³/mol. The molecule has 0 amide bonds. The van der Waals surface area contributed by atoms with Crippen LogP contribution < -0.4 is 4.72 Å². The average Bonchev–Trinajstić information content (AvgIpc) is 1.81. The maximum Gasteiger partial charge on any atom is 0.259 e. The summed E-state index contributed by atoms with van der Waals surface area (Å²) in [7, 11) is 0. The highest BCUT2D eigenvalue weighted by molar-refractivity contribution is 7.80. The molecule has 0 aliphatic carbocycles. The molecule has 0 radical (unpaired) electrons. The molecule has 0 bridgehead atoms. The standard InChI is InChI=1S/C6H5F2NO2S/c7-4-1-5(8)3-6(2-4)9-12(10)11/h1-3,9H,(H,10,11). The minimum atomic E-state index is -2.32. The lowest BCUT2D eigenvalue weighted by Crippen LogP contribution is -2.02. The van der Waals surface area contributed by atoms with Crippen LogP contribution in [-0.4, -0.2) is 8.76 Å². The van der Waals surface area contributed by atoms with Gasteiger partial charge in [-0.1, -0.05) is 0 Å². The van der Waals surface area contributed by atoms with Gasteiger partial charge < -0.3 is 0 Å². The number of hydrogen-bond acceptors (Lipinski definition) is 1. The normalized spacial score (nSPS) is 12.6. The monoisotopic (exact) mass is 193 g/mol. The molecule has 2 N–H and O–H groups in total. The Balaban J connectivity index is 2.93. The maximum atomic E-state index is 12.4. The Morgan fingerprint density at radius 1 is 1.25 bits per heavy atom. The summed E-state index contributed by atoms with van der Waals surface area (Å²) < 4.78 is 45.2. The molecular weight excluding hydrogens is 188 g/mol. The summed E-state index contributed by atoms with van der Waals surface area (Å²) in [6.45, 7) is 0. The minimum Gasteiger partial charge on any atom is -0.289 e. The number of anilines is 1. The Morgan fingerprint density at radius 3 is 2.17 bits per heavy atom. The Morgan fingerprint density at radius 2 is 1.75 bits per heavy atom. The smallest absolute Gasteiger partial charge is 0.259 e. The first-order valence-corrected chi connectivity index (χ1v) is 4.02. The molecule has 1 aromatic carbocycles. The van der Waals surface area contributed by atoms with Crippen molar-refractivity contribution >= 4 is 17.0 Å². The lowest BCUT2D eigenvalue weighted by Gasteiger charge is -2.00. The topological polar surface area (TPSA) is 49.3 Å². The van der Waals surface area contributed by atoms with Crippen molar-refractivity contribution in [2.45, 2.75) is 0 Å². The number of benzene rings is 1. The first kappa shape index (κ1) is 9.08. The molecule has 0 aromatic heterocycles. The summed E-state index contributed by atoms with van der Waals surface area (Å²) in [6.07, 6.45) is 0. The summed E-state index contributed by atoms with van der Waals surface area (Å²) in [5, 5.41) is 0. The second-order valence-electron chi connectivity index (χ2n) is 2.01. The van der Waals surface area contributed by atoms with E-state index < -0.39 is 22.9 Å². The van der Waals surface area contributed by atoms with Crippen LogP contribution in [-0.2, 0) is 11.3 Å². The van der Waals surface area contributed by atoms with Crippen LogP contribution in [0, 0.1) is 11.6 Å². The molecule has 1 aromatic rings. The molecule has 12 heavy (non-hydrogen) atoms. The van der Waals surface area contributed by atoms with Crippen molar-refractivity contribution in [3.8, 4) is 0 Å². The van der Waals surface area contributed by atoms with Crippen molar-refractivity contribution in [1.82, 2.24) is 0 Å². The molecule has 1 rings (SSSR count). The minimum absolute atomic E-state index is 0.0756. The Hall–Kier alpha value is -1.01. The van der Waals surface area contributed by atoms with E-state index in [4.69, 9.17) is 4.55 Å². The molecule has 0 aliphatic heterocycles. The van der Waals surface area contributed by atoms with Crippen LogP contribution in [0.1, 0.15) is 0 Å². The van der Waals surface area contributed by atoms with E-state index in [2.05, 4.69) is 0 Å². The van der Waals surface area contributed by atoms with Crippen molar-refractivity contribution in [3.05, 3.63) is 29.8 Å². The van der Waals surface area contributed by atoms with Crippen LogP contribution >= 0.6 is 0 Å². The van der Waals surface area contributed by atoms with Gasteiger partial charge in [-0.15, -0.1) is 0 Å². The molecule has 3 nitrogen and oxygen atoms in total. The third-order valence-corrected chi connectivity index (χ3v) is 1.48. The van der Waals surface area contributed by atoms with Gasteiger partial charge in [0, 0.05) is 6.07 Å². The van der Waals surface area contributed by atoms with Gasteiger partial charge in [0.05, 0.1) is 5.69 Å². The van der Waals surface area contributed by atoms with E-state index in [0.717, 1.165) is 12.1 Å². The summed E-state index contributed by atoms with van der Waals surface area (Å²) in [5.74, 6) is -1.61. The molecule has 0 heterocycles. The van der Waals surface area contributed by atoms with Gasteiger partial charge in [0.25, 0.3) is 11.3 Å². The maximum absolute atomic E-state index is 12.4. The van der Waals surface area contributed by atoms with E-state index in [1.165, 1.54) is 0 Å². The zero-order chi connectivity index (χ0) is 9.14. The van der Waals surface area contributed by atoms with Gasteiger partial charge >= 0.3 is 0 Å². The van der Waals surface area contributed by atoms with Gasteiger partial charge in [0.2, 0.25) is 0 Å². The highest BCUT2D eigenvalue weighted by Crippen LogP contribution is 2.12. The largest absolute Gasteiger partial charge is 0.289 e. The fourth-order valence-electron chi connectivity index (χ4n) is 0.714. The lowest BCUT2D eigenvalue weighted by atomic mass is 10.3. The average molecular weight is 193 g/mol. The summed E-state index contributed by atoms with van der Waals surface area (Å²) in [6, 6.07) is 2.50. The zero-order valence-corrected chi connectivity index (χ0v) is 6.57. The van der Waals surface area contributed by atoms with Crippen LogP contribution in [0.3, 0.4) is 0 Å². The number of nitrogens with one attached hydrogen (secondary N) is 1. The van der Waals surface area contributed by atoms with E-state index >= 15 is 0 Å². The van der Waals surface area contributed by atoms with Crippen LogP contribution in [0.5, 0.6) is 0 Å². The molecule has 0 fully saturated rings. The van der Waals surface area contributed by atoms with Crippen molar-refractivity contribution in [3.63, 3.8) is 0 Å². The SMILES string of the molecule is O=S(O)Nc1cc(F)cc(F)c1. The van der Waals surface area contributed by atoms with E-state index in [-0.39, 0.29) is 5.69 Å². The molecular formula is C6H5F2NO2S. The van der Waals surface area contributed by atoms with Crippen LogP contribution in [0.2, 0.25) is 0 Å². The van der Waals surface area contributed by atoms with Crippen molar-refractivity contribution < 1.29 is 17.5 Å². The number of halogens is 2. The second kappa shape index (κ2) is 3.59. The first-order valence-electron chi connectivity index (χ1n) is 2.91. The summed E-state index contributed by atoms with van der Waals surface area (Å²) >= 11 is -2.32. The molecule has 0 saturated heterocycles. The fourth-order valence-corrected chi connectivity index (χ4v) is 1.03. The molecule has 1 unspecified atom stereocenters. The highest BCUT2D eigenvalue weighted by Gasteiger charge is 2.01. The quantitative estimate of drug-likeness (QED) is 0.699. The molecule has 6 heteroatoms. The highest BCUT2D eigenvalue weighted by atomic mass is 32.2. The second-order valence-corrected chi connectivity index (χ2v) is 2.71. The van der Waals surface area contributed by atoms with E-state index in [9.17, 15) is 13.0 Å². The van der Waals surface area contributed by atoms with Gasteiger partial charge in [-0.05, 0) is 12.1 Å². The zero-order valence-electron chi connectivity index (χ0n) is 5.75. The molecule has 66 valence electrons. The Kier molecular flexibility index (Phi) is 2.72. The number of hydrogen-bond donors (Lipinski definition) is 2. The van der Waals surface area contributed by atoms with Crippen LogP contribution in [0.25, 0.3) is 0 Å². The van der Waals surface area contributed by atoms with Crippen LogP contribution in [0.15, 0.2) is 18.2 Å². The van der Waals surface area contributed by atoms with Gasteiger partial charge in [-0.2, -0.15) is 0 Å². The van der Waals surface area contributed by atoms with Crippen LogP contribution in [0.4, 0.5) is 14.5 Å². The van der Waals surface area contributed by atoms with Gasteiger partial charge in [-0.3, -0.25) is 9.27 Å². The molecule has 0 aliphatic rings. The van der Waals surface area contributed by atoms with Gasteiger partial charge in [0.15, 0.2) is 0 Å². The molecule has 0 spiro atoms. The molecule has 1 atom stereocenters. The van der Waals surface area contributed by atoms with Gasteiger partial charge in [-0.25, -0.2) is 13.0 Å². The summed E-state index contributed by atoms with van der Waals surface area (Å²) in [5.41, 5.74) is -0.0756. The Bertz CT molecular complexity index is 298. The van der Waals surface area contributed by atoms with Gasteiger partial charge in [0.1, 0.15) is 11.6 Å². The van der Waals surface area contributed by atoms with E-state index in [1.807, 2.05) is 4.72 Å². The van der Waals surface area contributed by atoms with E-state index in [0.29, 0.717) is 6.07 Å².